The van der Waals surface area contributed by atoms with Crippen LogP contribution in [0.15, 0.2) is 53.1 Å². The van der Waals surface area contributed by atoms with Crippen molar-refractivity contribution in [2.75, 3.05) is 19.6 Å². The summed E-state index contributed by atoms with van der Waals surface area (Å²) in [6.07, 6.45) is -0.0486. The summed E-state index contributed by atoms with van der Waals surface area (Å²) >= 11 is 0. The standard InChI is InChI=1S/C25H24F2N6O3/c1-15-18-9-8-17(12-20(18)32(2)30-15)22-29-24(36-31-22)19-10-11-33(14-25(19,26)27)21(34)13-28-23(35)16-6-4-3-5-7-16/h3-9,12,19H,10-11,13-14H2,1-2H3,(H,28,35)/t19-/m1/s1. The number of hydrogen-bond acceptors (Lipinski definition) is 6. The first-order valence-corrected chi connectivity index (χ1v) is 11.5. The molecular weight excluding hydrogens is 470 g/mol. The Kier molecular flexibility index (Phi) is 5.99. The molecule has 0 saturated carbocycles. The monoisotopic (exact) mass is 494 g/mol. The Morgan fingerprint density at radius 1 is 1.19 bits per heavy atom. The van der Waals surface area contributed by atoms with Crippen molar-refractivity contribution in [1.29, 1.82) is 0 Å². The number of carbonyl (C=O) groups excluding carboxylic acids is 2. The molecule has 0 spiro atoms. The molecule has 0 bridgehead atoms. The van der Waals surface area contributed by atoms with E-state index in [4.69, 9.17) is 4.52 Å². The quantitative estimate of drug-likeness (QED) is 0.456. The van der Waals surface area contributed by atoms with Crippen LogP contribution in [-0.2, 0) is 11.8 Å². The molecule has 1 atom stereocenters. The molecule has 0 aliphatic carbocycles. The Hall–Kier alpha value is -4.15. The maximum absolute atomic E-state index is 15.1. The lowest BCUT2D eigenvalue weighted by Gasteiger charge is -2.36. The summed E-state index contributed by atoms with van der Waals surface area (Å²) in [6, 6.07) is 13.9. The summed E-state index contributed by atoms with van der Waals surface area (Å²) in [5.41, 5.74) is 2.77. The number of likely N-dealkylation sites (tertiary alicyclic amines) is 1. The lowest BCUT2D eigenvalue weighted by molar-refractivity contribution is -0.144. The second kappa shape index (κ2) is 9.14. The minimum Gasteiger partial charge on any atom is -0.343 e. The van der Waals surface area contributed by atoms with Gasteiger partial charge < -0.3 is 14.7 Å². The number of aryl methyl sites for hydroxylation is 2. The van der Waals surface area contributed by atoms with Gasteiger partial charge in [0.1, 0.15) is 5.92 Å². The first-order chi connectivity index (χ1) is 17.2. The minimum atomic E-state index is -3.27. The molecule has 2 amide bonds. The third kappa shape index (κ3) is 4.43. The fourth-order valence-electron chi connectivity index (χ4n) is 4.49. The summed E-state index contributed by atoms with van der Waals surface area (Å²) in [5, 5.41) is 11.8. The minimum absolute atomic E-state index is 0.0486. The molecular formula is C25H24F2N6O3. The molecule has 9 nitrogen and oxygen atoms in total. The van der Waals surface area contributed by atoms with Crippen LogP contribution in [0, 0.1) is 6.92 Å². The largest absolute Gasteiger partial charge is 0.343 e. The smallest absolute Gasteiger partial charge is 0.276 e. The van der Waals surface area contributed by atoms with Crippen molar-refractivity contribution in [3.63, 3.8) is 0 Å². The zero-order valence-corrected chi connectivity index (χ0v) is 19.7. The van der Waals surface area contributed by atoms with E-state index in [1.54, 1.807) is 41.1 Å². The summed E-state index contributed by atoms with van der Waals surface area (Å²) in [4.78, 5) is 30.0. The van der Waals surface area contributed by atoms with E-state index in [1.165, 1.54) is 0 Å². The molecule has 186 valence electrons. The van der Waals surface area contributed by atoms with E-state index in [0.717, 1.165) is 21.5 Å². The van der Waals surface area contributed by atoms with Crippen LogP contribution in [0.3, 0.4) is 0 Å². The summed E-state index contributed by atoms with van der Waals surface area (Å²) in [6.45, 7) is 0.827. The second-order valence-corrected chi connectivity index (χ2v) is 8.86. The van der Waals surface area contributed by atoms with E-state index in [9.17, 15) is 9.59 Å². The van der Waals surface area contributed by atoms with Gasteiger partial charge in [-0.1, -0.05) is 35.5 Å². The van der Waals surface area contributed by atoms with Gasteiger partial charge in [0.15, 0.2) is 0 Å². The van der Waals surface area contributed by atoms with E-state index in [2.05, 4.69) is 20.6 Å². The number of rotatable bonds is 5. The average Bonchev–Trinajstić information content (AvgIpc) is 3.46. The van der Waals surface area contributed by atoms with Crippen LogP contribution in [0.5, 0.6) is 0 Å². The van der Waals surface area contributed by atoms with E-state index in [1.807, 2.05) is 26.1 Å². The van der Waals surface area contributed by atoms with Gasteiger partial charge in [0.2, 0.25) is 17.6 Å². The fourth-order valence-corrected chi connectivity index (χ4v) is 4.49. The number of alkyl halides is 2. The highest BCUT2D eigenvalue weighted by atomic mass is 19.3. The van der Waals surface area contributed by atoms with Gasteiger partial charge in [0.25, 0.3) is 11.8 Å². The molecule has 2 aromatic heterocycles. The molecule has 5 rings (SSSR count). The van der Waals surface area contributed by atoms with Crippen molar-refractivity contribution in [3.8, 4) is 11.4 Å². The lowest BCUT2D eigenvalue weighted by Crippen LogP contribution is -2.52. The highest BCUT2D eigenvalue weighted by molar-refractivity contribution is 5.96. The topological polar surface area (TPSA) is 106 Å². The van der Waals surface area contributed by atoms with Crippen molar-refractivity contribution in [2.45, 2.75) is 25.2 Å². The number of nitrogens with zero attached hydrogens (tertiary/aromatic N) is 5. The third-order valence-electron chi connectivity index (χ3n) is 6.42. The third-order valence-corrected chi connectivity index (χ3v) is 6.42. The van der Waals surface area contributed by atoms with Crippen LogP contribution in [0.2, 0.25) is 0 Å². The summed E-state index contributed by atoms with van der Waals surface area (Å²) < 4.78 is 37.1. The number of piperidine rings is 1. The van der Waals surface area contributed by atoms with Crippen molar-refractivity contribution in [1.82, 2.24) is 30.1 Å². The zero-order valence-electron chi connectivity index (χ0n) is 19.7. The van der Waals surface area contributed by atoms with E-state index in [-0.39, 0.29) is 31.2 Å². The maximum atomic E-state index is 15.1. The average molecular weight is 495 g/mol. The molecule has 36 heavy (non-hydrogen) atoms. The maximum Gasteiger partial charge on any atom is 0.276 e. The molecule has 2 aromatic carbocycles. The van der Waals surface area contributed by atoms with Gasteiger partial charge >= 0.3 is 0 Å². The lowest BCUT2D eigenvalue weighted by atomic mass is 9.92. The molecule has 1 fully saturated rings. The molecule has 0 radical (unpaired) electrons. The van der Waals surface area contributed by atoms with Crippen LogP contribution in [-0.4, -0.2) is 62.2 Å². The molecule has 11 heteroatoms. The Labute approximate surface area is 205 Å². The van der Waals surface area contributed by atoms with E-state index in [0.29, 0.717) is 11.1 Å². The zero-order chi connectivity index (χ0) is 25.4. The first kappa shape index (κ1) is 23.6. The Bertz CT molecular complexity index is 1430. The number of hydrogen-bond donors (Lipinski definition) is 1. The molecule has 1 aliphatic rings. The van der Waals surface area contributed by atoms with Gasteiger partial charge in [-0.15, -0.1) is 0 Å². The van der Waals surface area contributed by atoms with Gasteiger partial charge in [0.05, 0.1) is 24.3 Å². The molecule has 1 saturated heterocycles. The van der Waals surface area contributed by atoms with Gasteiger partial charge in [-0.25, -0.2) is 8.78 Å². The van der Waals surface area contributed by atoms with Crippen LogP contribution >= 0.6 is 0 Å². The second-order valence-electron chi connectivity index (χ2n) is 8.86. The predicted molar refractivity (Wildman–Crippen MR) is 126 cm³/mol. The number of halogens is 2. The number of aromatic nitrogens is 4. The highest BCUT2D eigenvalue weighted by Gasteiger charge is 2.49. The summed E-state index contributed by atoms with van der Waals surface area (Å²) in [5.74, 6) is -5.56. The first-order valence-electron chi connectivity index (χ1n) is 11.5. The van der Waals surface area contributed by atoms with Gasteiger partial charge in [-0.05, 0) is 31.5 Å². The molecule has 3 heterocycles. The van der Waals surface area contributed by atoms with Crippen LogP contribution in [0.4, 0.5) is 8.78 Å². The normalized spacial score (nSPS) is 17.3. The number of carbonyl (C=O) groups is 2. The molecule has 0 unspecified atom stereocenters. The van der Waals surface area contributed by atoms with Crippen molar-refractivity contribution in [3.05, 3.63) is 65.7 Å². The van der Waals surface area contributed by atoms with Crippen LogP contribution < -0.4 is 5.32 Å². The summed E-state index contributed by atoms with van der Waals surface area (Å²) in [7, 11) is 1.82. The highest BCUT2D eigenvalue weighted by Crippen LogP contribution is 2.40. The number of benzene rings is 2. The SMILES string of the molecule is Cc1nn(C)c2cc(-c3noc([C@H]4CCN(C(=O)CNC(=O)c5ccccc5)CC4(F)F)n3)ccc12. The molecule has 1 aliphatic heterocycles. The van der Waals surface area contributed by atoms with Crippen molar-refractivity contribution >= 4 is 22.7 Å². The number of amides is 2. The van der Waals surface area contributed by atoms with Gasteiger partial charge in [-0.2, -0.15) is 10.1 Å². The molecule has 1 N–H and O–H groups in total. The van der Waals surface area contributed by atoms with Crippen molar-refractivity contribution < 1.29 is 22.9 Å². The van der Waals surface area contributed by atoms with Crippen LogP contribution in [0.25, 0.3) is 22.3 Å². The fraction of sp³-hybridized carbons (Fsp3) is 0.320. The van der Waals surface area contributed by atoms with Gasteiger partial charge in [0, 0.05) is 30.1 Å². The van der Waals surface area contributed by atoms with Crippen molar-refractivity contribution in [2.24, 2.45) is 7.05 Å². The van der Waals surface area contributed by atoms with E-state index >= 15 is 8.78 Å². The van der Waals surface area contributed by atoms with Crippen LogP contribution in [0.1, 0.15) is 34.3 Å². The Morgan fingerprint density at radius 2 is 1.97 bits per heavy atom. The van der Waals surface area contributed by atoms with E-state index < -0.39 is 30.2 Å². The number of nitrogens with one attached hydrogen (secondary N) is 1. The predicted octanol–water partition coefficient (Wildman–Crippen LogP) is 3.31. The Balaban J connectivity index is 1.25. The Morgan fingerprint density at radius 3 is 2.72 bits per heavy atom. The molecule has 4 aromatic rings. The van der Waals surface area contributed by atoms with Gasteiger partial charge in [-0.3, -0.25) is 14.3 Å². The number of fused-ring (bicyclic) bond motifs is 1.